The van der Waals surface area contributed by atoms with Gasteiger partial charge in [0.1, 0.15) is 0 Å². The smallest absolute Gasteiger partial charge is 0.381 e. The fourth-order valence-electron chi connectivity index (χ4n) is 2.74. The molecule has 1 heterocycles. The van der Waals surface area contributed by atoms with E-state index in [4.69, 9.17) is 4.74 Å². The van der Waals surface area contributed by atoms with Gasteiger partial charge >= 0.3 is 6.18 Å². The van der Waals surface area contributed by atoms with Gasteiger partial charge in [-0.2, -0.15) is 13.2 Å². The third kappa shape index (κ3) is 4.05. The Morgan fingerprint density at radius 3 is 2.35 bits per heavy atom. The third-order valence-electron chi connectivity index (χ3n) is 4.18. The lowest BCUT2D eigenvalue weighted by molar-refractivity contribution is -0.139. The van der Waals surface area contributed by atoms with Crippen molar-refractivity contribution in [1.82, 2.24) is 4.31 Å². The maximum atomic E-state index is 13.1. The Morgan fingerprint density at radius 2 is 1.78 bits per heavy atom. The Kier molecular flexibility index (Phi) is 5.08. The van der Waals surface area contributed by atoms with Gasteiger partial charge in [0.15, 0.2) is 0 Å². The molecule has 8 heteroatoms. The molecule has 130 valence electrons. The summed E-state index contributed by atoms with van der Waals surface area (Å²) in [5, 5.41) is 0. The predicted octanol–water partition coefficient (Wildman–Crippen LogP) is 3.14. The number of hydrogen-bond acceptors (Lipinski definition) is 3. The number of benzene rings is 1. The molecule has 1 aliphatic heterocycles. The number of rotatable bonds is 4. The zero-order valence-corrected chi connectivity index (χ0v) is 13.9. The zero-order valence-electron chi connectivity index (χ0n) is 13.1. The quantitative estimate of drug-likeness (QED) is 0.837. The van der Waals surface area contributed by atoms with Crippen molar-refractivity contribution in [3.63, 3.8) is 0 Å². The number of hydrogen-bond donors (Lipinski definition) is 0. The molecule has 0 atom stereocenters. The molecule has 0 spiro atoms. The molecule has 0 radical (unpaired) electrons. The lowest BCUT2D eigenvalue weighted by Gasteiger charge is -2.36. The molecule has 0 N–H and O–H groups in total. The zero-order chi connectivity index (χ0) is 17.3. The van der Waals surface area contributed by atoms with E-state index in [9.17, 15) is 21.6 Å². The third-order valence-corrected chi connectivity index (χ3v) is 6.05. The summed E-state index contributed by atoms with van der Waals surface area (Å²) < 4.78 is 70.7. The van der Waals surface area contributed by atoms with Crippen LogP contribution in [0.3, 0.4) is 0 Å². The highest BCUT2D eigenvalue weighted by atomic mass is 32.2. The number of alkyl halides is 3. The van der Waals surface area contributed by atoms with Gasteiger partial charge in [0.05, 0.1) is 10.5 Å². The molecular weight excluding hydrogens is 331 g/mol. The fraction of sp³-hybridized carbons (Fsp3) is 0.600. The number of sulfonamides is 1. The summed E-state index contributed by atoms with van der Waals surface area (Å²) in [5.41, 5.74) is -1.43. The average molecular weight is 351 g/mol. The second kappa shape index (κ2) is 6.41. The van der Waals surface area contributed by atoms with Gasteiger partial charge in [0.2, 0.25) is 10.0 Å². The Bertz CT molecular complexity index is 652. The first kappa shape index (κ1) is 18.2. The molecule has 2 rings (SSSR count). The lowest BCUT2D eigenvalue weighted by Crippen LogP contribution is -2.41. The second-order valence-corrected chi connectivity index (χ2v) is 8.19. The monoisotopic (exact) mass is 351 g/mol. The molecular formula is C15H20F3NO3S. The normalized spacial score (nSPS) is 19.0. The first-order valence-corrected chi connectivity index (χ1v) is 8.71. The van der Waals surface area contributed by atoms with E-state index in [1.807, 2.05) is 6.92 Å². The van der Waals surface area contributed by atoms with Gasteiger partial charge in [-0.1, -0.05) is 19.1 Å². The first-order valence-electron chi connectivity index (χ1n) is 7.27. The summed E-state index contributed by atoms with van der Waals surface area (Å²) in [5.74, 6) is 0. The summed E-state index contributed by atoms with van der Waals surface area (Å²) in [6, 6.07) is 4.27. The topological polar surface area (TPSA) is 46.6 Å². The average Bonchev–Trinajstić information content (AvgIpc) is 2.46. The second-order valence-electron chi connectivity index (χ2n) is 6.18. The van der Waals surface area contributed by atoms with Crippen LogP contribution in [-0.4, -0.2) is 39.5 Å². The van der Waals surface area contributed by atoms with Crippen molar-refractivity contribution in [1.29, 1.82) is 0 Å². The van der Waals surface area contributed by atoms with E-state index in [1.165, 1.54) is 19.2 Å². The molecule has 4 nitrogen and oxygen atoms in total. The van der Waals surface area contributed by atoms with E-state index in [0.717, 1.165) is 16.4 Å². The Hall–Kier alpha value is -1.12. The minimum atomic E-state index is -4.72. The summed E-state index contributed by atoms with van der Waals surface area (Å²) >= 11 is 0. The van der Waals surface area contributed by atoms with Crippen molar-refractivity contribution in [2.24, 2.45) is 5.41 Å². The fourth-order valence-corrected chi connectivity index (χ4v) is 4.27. The minimum Gasteiger partial charge on any atom is -0.381 e. The van der Waals surface area contributed by atoms with Crippen LogP contribution in [0.25, 0.3) is 0 Å². The number of nitrogens with zero attached hydrogens (tertiary/aromatic N) is 1. The molecule has 0 aromatic heterocycles. The van der Waals surface area contributed by atoms with Gasteiger partial charge in [0.25, 0.3) is 0 Å². The molecule has 1 aliphatic rings. The Labute approximate surface area is 134 Å². The van der Waals surface area contributed by atoms with Crippen LogP contribution in [0, 0.1) is 5.41 Å². The highest BCUT2D eigenvalue weighted by Gasteiger charge is 2.39. The van der Waals surface area contributed by atoms with Crippen LogP contribution in [0.2, 0.25) is 0 Å². The molecule has 0 aliphatic carbocycles. The van der Waals surface area contributed by atoms with Gasteiger partial charge in [0, 0.05) is 26.8 Å². The molecule has 1 aromatic carbocycles. The van der Waals surface area contributed by atoms with Crippen LogP contribution in [0.4, 0.5) is 13.2 Å². The molecule has 1 saturated heterocycles. The van der Waals surface area contributed by atoms with Crippen LogP contribution < -0.4 is 0 Å². The molecule has 0 bridgehead atoms. The van der Waals surface area contributed by atoms with E-state index in [1.54, 1.807) is 0 Å². The Balaban J connectivity index is 2.31. The van der Waals surface area contributed by atoms with Crippen LogP contribution in [0.15, 0.2) is 29.2 Å². The number of halogens is 3. The minimum absolute atomic E-state index is 0.158. The van der Waals surface area contributed by atoms with Crippen molar-refractivity contribution in [3.05, 3.63) is 29.8 Å². The highest BCUT2D eigenvalue weighted by molar-refractivity contribution is 7.89. The SMILES string of the molecule is CN(CC1(C)CCOCC1)S(=O)(=O)c1ccccc1C(F)(F)F. The maximum Gasteiger partial charge on any atom is 0.417 e. The van der Waals surface area contributed by atoms with Gasteiger partial charge in [-0.3, -0.25) is 0 Å². The molecule has 0 amide bonds. The van der Waals surface area contributed by atoms with Gasteiger partial charge in [-0.05, 0) is 30.4 Å². The summed E-state index contributed by atoms with van der Waals surface area (Å²) in [6.45, 7) is 3.15. The highest BCUT2D eigenvalue weighted by Crippen LogP contribution is 2.36. The van der Waals surface area contributed by atoms with Crippen molar-refractivity contribution in [2.75, 3.05) is 26.8 Å². The van der Waals surface area contributed by atoms with Crippen LogP contribution in [-0.2, 0) is 20.9 Å². The van der Waals surface area contributed by atoms with Crippen molar-refractivity contribution in [2.45, 2.75) is 30.8 Å². The van der Waals surface area contributed by atoms with E-state index in [-0.39, 0.29) is 12.0 Å². The van der Waals surface area contributed by atoms with Crippen LogP contribution in [0.1, 0.15) is 25.3 Å². The first-order chi connectivity index (χ1) is 10.6. The van der Waals surface area contributed by atoms with Crippen molar-refractivity contribution in [3.8, 4) is 0 Å². The molecule has 23 heavy (non-hydrogen) atoms. The van der Waals surface area contributed by atoms with E-state index < -0.39 is 26.7 Å². The number of ether oxygens (including phenoxy) is 1. The van der Waals surface area contributed by atoms with E-state index in [2.05, 4.69) is 0 Å². The predicted molar refractivity (Wildman–Crippen MR) is 79.4 cm³/mol. The van der Waals surface area contributed by atoms with Crippen molar-refractivity contribution < 1.29 is 26.3 Å². The van der Waals surface area contributed by atoms with Gasteiger partial charge in [-0.15, -0.1) is 0 Å². The van der Waals surface area contributed by atoms with Gasteiger partial charge in [-0.25, -0.2) is 12.7 Å². The molecule has 1 fully saturated rings. The largest absolute Gasteiger partial charge is 0.417 e. The maximum absolute atomic E-state index is 13.1. The van der Waals surface area contributed by atoms with Gasteiger partial charge < -0.3 is 4.74 Å². The molecule has 0 unspecified atom stereocenters. The summed E-state index contributed by atoms with van der Waals surface area (Å²) in [7, 11) is -2.90. The molecule has 1 aromatic rings. The lowest BCUT2D eigenvalue weighted by atomic mass is 9.82. The van der Waals surface area contributed by atoms with E-state index >= 15 is 0 Å². The Morgan fingerprint density at radius 1 is 1.22 bits per heavy atom. The van der Waals surface area contributed by atoms with Crippen LogP contribution >= 0.6 is 0 Å². The molecule has 0 saturated carbocycles. The van der Waals surface area contributed by atoms with Crippen LogP contribution in [0.5, 0.6) is 0 Å². The standard InChI is InChI=1S/C15H20F3NO3S/c1-14(7-9-22-10-8-14)11-19(2)23(20,21)13-6-4-3-5-12(13)15(16,17)18/h3-6H,7-11H2,1-2H3. The summed E-state index contributed by atoms with van der Waals surface area (Å²) in [4.78, 5) is -0.703. The summed E-state index contributed by atoms with van der Waals surface area (Å²) in [6.07, 6.45) is -3.37. The van der Waals surface area contributed by atoms with Crippen molar-refractivity contribution >= 4 is 10.0 Å². The van der Waals surface area contributed by atoms with E-state index in [0.29, 0.717) is 26.1 Å².